The summed E-state index contributed by atoms with van der Waals surface area (Å²) in [5, 5.41) is 4.19. The summed E-state index contributed by atoms with van der Waals surface area (Å²) in [5.41, 5.74) is 4.16. The van der Waals surface area contributed by atoms with Gasteiger partial charge in [0.25, 0.3) is 5.89 Å². The predicted octanol–water partition coefficient (Wildman–Crippen LogP) is 5.59. The molecule has 2 aromatic heterocycles. The van der Waals surface area contributed by atoms with Crippen molar-refractivity contribution in [3.63, 3.8) is 0 Å². The molecule has 174 valence electrons. The van der Waals surface area contributed by atoms with E-state index >= 15 is 0 Å². The fourth-order valence-corrected chi connectivity index (χ4v) is 4.13. The predicted molar refractivity (Wildman–Crippen MR) is 126 cm³/mol. The van der Waals surface area contributed by atoms with Gasteiger partial charge in [0.05, 0.1) is 30.7 Å². The number of hydrogen-bond acceptors (Lipinski definition) is 6. The number of hydrogen-bond donors (Lipinski definition) is 0. The summed E-state index contributed by atoms with van der Waals surface area (Å²) >= 11 is 0. The first kappa shape index (κ1) is 21.2. The SMILES string of the molecule is Fc1ccc([C@@H]2Cn3cnc(-c4nc(-c5ccccc5OCc5ccccc5)no4)c3CO2)cc1. The van der Waals surface area contributed by atoms with Crippen LogP contribution in [0, 0.1) is 5.82 Å². The van der Waals surface area contributed by atoms with Crippen molar-refractivity contribution in [2.75, 3.05) is 0 Å². The summed E-state index contributed by atoms with van der Waals surface area (Å²) in [5.74, 6) is 1.14. The van der Waals surface area contributed by atoms with Crippen molar-refractivity contribution in [1.29, 1.82) is 0 Å². The van der Waals surface area contributed by atoms with Gasteiger partial charge in [-0.05, 0) is 35.4 Å². The topological polar surface area (TPSA) is 75.2 Å². The molecule has 1 atom stereocenters. The second-order valence-corrected chi connectivity index (χ2v) is 8.24. The van der Waals surface area contributed by atoms with Gasteiger partial charge in [0, 0.05) is 0 Å². The van der Waals surface area contributed by atoms with Gasteiger partial charge in [0.15, 0.2) is 5.69 Å². The van der Waals surface area contributed by atoms with Gasteiger partial charge in [-0.2, -0.15) is 4.98 Å². The van der Waals surface area contributed by atoms with Crippen LogP contribution in [0.25, 0.3) is 23.0 Å². The number of benzene rings is 3. The number of para-hydroxylation sites is 1. The highest BCUT2D eigenvalue weighted by Crippen LogP contribution is 2.33. The molecule has 3 heterocycles. The summed E-state index contributed by atoms with van der Waals surface area (Å²) in [6.45, 7) is 1.32. The third-order valence-corrected chi connectivity index (χ3v) is 5.97. The minimum Gasteiger partial charge on any atom is -0.488 e. The normalized spacial score (nSPS) is 15.1. The molecule has 6 rings (SSSR count). The molecule has 8 heteroatoms. The van der Waals surface area contributed by atoms with Crippen LogP contribution in [0.3, 0.4) is 0 Å². The highest BCUT2D eigenvalue weighted by Gasteiger charge is 2.27. The fraction of sp³-hybridized carbons (Fsp3) is 0.148. The second kappa shape index (κ2) is 9.15. The lowest BCUT2D eigenvalue weighted by Crippen LogP contribution is -2.20. The zero-order valence-corrected chi connectivity index (χ0v) is 18.7. The Hall–Kier alpha value is -4.30. The average Bonchev–Trinajstić information content (AvgIpc) is 3.56. The quantitative estimate of drug-likeness (QED) is 0.323. The summed E-state index contributed by atoms with van der Waals surface area (Å²) in [6, 6.07) is 23.9. The first-order valence-corrected chi connectivity index (χ1v) is 11.3. The Kier molecular flexibility index (Phi) is 5.56. The molecule has 0 fully saturated rings. The van der Waals surface area contributed by atoms with E-state index in [-0.39, 0.29) is 11.9 Å². The zero-order chi connectivity index (χ0) is 23.6. The second-order valence-electron chi connectivity index (χ2n) is 8.24. The van der Waals surface area contributed by atoms with Crippen LogP contribution in [0.1, 0.15) is 22.9 Å². The molecule has 0 radical (unpaired) electrons. The fourth-order valence-electron chi connectivity index (χ4n) is 4.13. The molecule has 0 bridgehead atoms. The number of fused-ring (bicyclic) bond motifs is 1. The molecule has 3 aromatic carbocycles. The molecule has 7 nitrogen and oxygen atoms in total. The zero-order valence-electron chi connectivity index (χ0n) is 18.7. The van der Waals surface area contributed by atoms with Crippen LogP contribution in [0.15, 0.2) is 89.7 Å². The molecule has 0 N–H and O–H groups in total. The minimum atomic E-state index is -0.269. The molecule has 1 aliphatic heterocycles. The van der Waals surface area contributed by atoms with Crippen molar-refractivity contribution in [3.8, 4) is 28.7 Å². The first-order chi connectivity index (χ1) is 17.2. The van der Waals surface area contributed by atoms with Crippen molar-refractivity contribution < 1.29 is 18.4 Å². The smallest absolute Gasteiger partial charge is 0.278 e. The van der Waals surface area contributed by atoms with Crippen LogP contribution in [-0.2, 0) is 24.5 Å². The van der Waals surface area contributed by atoms with Gasteiger partial charge in [-0.15, -0.1) is 0 Å². The molecular weight excluding hydrogens is 447 g/mol. The van der Waals surface area contributed by atoms with Crippen LogP contribution < -0.4 is 4.74 Å². The number of nitrogens with zero attached hydrogens (tertiary/aromatic N) is 4. The third kappa shape index (κ3) is 4.31. The molecule has 0 unspecified atom stereocenters. The van der Waals surface area contributed by atoms with Gasteiger partial charge in [-0.3, -0.25) is 0 Å². The van der Waals surface area contributed by atoms with E-state index in [4.69, 9.17) is 14.0 Å². The van der Waals surface area contributed by atoms with Crippen molar-refractivity contribution in [2.24, 2.45) is 0 Å². The van der Waals surface area contributed by atoms with Crippen LogP contribution >= 0.6 is 0 Å². The highest BCUT2D eigenvalue weighted by atomic mass is 19.1. The van der Waals surface area contributed by atoms with E-state index in [1.807, 2.05) is 59.2 Å². The van der Waals surface area contributed by atoms with E-state index < -0.39 is 0 Å². The van der Waals surface area contributed by atoms with E-state index in [0.717, 1.165) is 22.4 Å². The lowest BCUT2D eigenvalue weighted by Gasteiger charge is -2.25. The summed E-state index contributed by atoms with van der Waals surface area (Å²) < 4.78 is 32.9. The lowest BCUT2D eigenvalue weighted by molar-refractivity contribution is 0.00326. The molecule has 5 aromatic rings. The van der Waals surface area contributed by atoms with Gasteiger partial charge >= 0.3 is 0 Å². The Bertz CT molecular complexity index is 1450. The minimum absolute atomic E-state index is 0.183. The maximum Gasteiger partial charge on any atom is 0.278 e. The molecule has 0 amide bonds. The largest absolute Gasteiger partial charge is 0.488 e. The average molecular weight is 468 g/mol. The maximum absolute atomic E-state index is 13.3. The summed E-state index contributed by atoms with van der Waals surface area (Å²) in [6.07, 6.45) is 1.56. The first-order valence-electron chi connectivity index (χ1n) is 11.3. The van der Waals surface area contributed by atoms with E-state index in [2.05, 4.69) is 15.1 Å². The number of aromatic nitrogens is 4. The number of ether oxygens (including phenoxy) is 2. The van der Waals surface area contributed by atoms with E-state index in [0.29, 0.717) is 42.9 Å². The molecule has 0 saturated heterocycles. The number of rotatable bonds is 6. The standard InChI is InChI=1S/C27H21FN4O3/c28-20-12-10-19(11-13-20)24-14-32-17-29-25(22(32)16-34-24)27-30-26(31-35-27)21-8-4-5-9-23(21)33-15-18-6-2-1-3-7-18/h1-13,17,24H,14-16H2/t24-/m0/s1. The van der Waals surface area contributed by atoms with Crippen LogP contribution in [0.4, 0.5) is 4.39 Å². The van der Waals surface area contributed by atoms with Crippen LogP contribution in [-0.4, -0.2) is 19.7 Å². The lowest BCUT2D eigenvalue weighted by atomic mass is 10.1. The van der Waals surface area contributed by atoms with Crippen LogP contribution in [0.2, 0.25) is 0 Å². The molecular formula is C27H21FN4O3. The molecule has 0 saturated carbocycles. The van der Waals surface area contributed by atoms with Crippen LogP contribution in [0.5, 0.6) is 5.75 Å². The maximum atomic E-state index is 13.3. The monoisotopic (exact) mass is 468 g/mol. The van der Waals surface area contributed by atoms with Gasteiger partial charge in [0.1, 0.15) is 24.3 Å². The van der Waals surface area contributed by atoms with E-state index in [1.165, 1.54) is 12.1 Å². The third-order valence-electron chi connectivity index (χ3n) is 5.97. The molecule has 0 spiro atoms. The Labute approximate surface area is 200 Å². The highest BCUT2D eigenvalue weighted by molar-refractivity contribution is 5.65. The Morgan fingerprint density at radius 3 is 2.63 bits per heavy atom. The van der Waals surface area contributed by atoms with E-state index in [1.54, 1.807) is 18.5 Å². The number of halogens is 1. The van der Waals surface area contributed by atoms with Gasteiger partial charge in [-0.1, -0.05) is 59.8 Å². The Balaban J connectivity index is 1.22. The van der Waals surface area contributed by atoms with Gasteiger partial charge < -0.3 is 18.6 Å². The Morgan fingerprint density at radius 2 is 1.77 bits per heavy atom. The molecule has 1 aliphatic rings. The van der Waals surface area contributed by atoms with Crippen molar-refractivity contribution >= 4 is 0 Å². The van der Waals surface area contributed by atoms with E-state index in [9.17, 15) is 4.39 Å². The van der Waals surface area contributed by atoms with Crippen molar-refractivity contribution in [1.82, 2.24) is 19.7 Å². The van der Waals surface area contributed by atoms with Gasteiger partial charge in [0.2, 0.25) is 5.82 Å². The molecule has 35 heavy (non-hydrogen) atoms. The van der Waals surface area contributed by atoms with Gasteiger partial charge in [-0.25, -0.2) is 9.37 Å². The number of imidazole rings is 1. The Morgan fingerprint density at radius 1 is 0.971 bits per heavy atom. The molecule has 0 aliphatic carbocycles. The van der Waals surface area contributed by atoms with Crippen molar-refractivity contribution in [3.05, 3.63) is 108 Å². The summed E-state index contributed by atoms with van der Waals surface area (Å²) in [7, 11) is 0. The summed E-state index contributed by atoms with van der Waals surface area (Å²) in [4.78, 5) is 9.11. The van der Waals surface area contributed by atoms with Crippen molar-refractivity contribution in [2.45, 2.75) is 25.9 Å².